The van der Waals surface area contributed by atoms with Crippen molar-refractivity contribution in [2.24, 2.45) is 0 Å². The Kier molecular flexibility index (Phi) is 4.71. The smallest absolute Gasteiger partial charge is 0.271 e. The van der Waals surface area contributed by atoms with Gasteiger partial charge in [-0.1, -0.05) is 18.2 Å². The molecular weight excluding hydrogens is 266 g/mol. The predicted molar refractivity (Wildman–Crippen MR) is 83.0 cm³/mol. The third-order valence-corrected chi connectivity index (χ3v) is 3.07. The molecule has 0 aliphatic heterocycles. The summed E-state index contributed by atoms with van der Waals surface area (Å²) in [6.45, 7) is 3.05. The van der Waals surface area contributed by atoms with Crippen molar-refractivity contribution in [3.8, 4) is 0 Å². The zero-order chi connectivity index (χ0) is 15.2. The van der Waals surface area contributed by atoms with Gasteiger partial charge in [-0.15, -0.1) is 10.2 Å². The monoisotopic (exact) mass is 285 g/mol. The van der Waals surface area contributed by atoms with Gasteiger partial charge in [0.15, 0.2) is 11.5 Å². The number of carbonyl (C=O) groups is 1. The first-order chi connectivity index (χ1) is 10.1. The summed E-state index contributed by atoms with van der Waals surface area (Å²) in [6.07, 6.45) is 0. The van der Waals surface area contributed by atoms with Crippen molar-refractivity contribution in [1.29, 1.82) is 0 Å². The first-order valence-corrected chi connectivity index (χ1v) is 6.78. The minimum Gasteiger partial charge on any atom is -0.398 e. The van der Waals surface area contributed by atoms with E-state index in [0.29, 0.717) is 24.6 Å². The number of amides is 1. The third kappa shape index (κ3) is 3.68. The second kappa shape index (κ2) is 6.69. The van der Waals surface area contributed by atoms with Crippen molar-refractivity contribution in [2.75, 3.05) is 24.2 Å². The molecule has 6 nitrogen and oxygen atoms in total. The topological polar surface area (TPSA) is 84.1 Å². The number of nitrogens with two attached hydrogens (primary N) is 1. The van der Waals surface area contributed by atoms with Gasteiger partial charge in [-0.05, 0) is 30.7 Å². The number of para-hydroxylation sites is 1. The molecule has 1 aromatic carbocycles. The zero-order valence-electron chi connectivity index (χ0n) is 12.2. The Balaban J connectivity index is 2.08. The van der Waals surface area contributed by atoms with Gasteiger partial charge in [0.2, 0.25) is 0 Å². The maximum atomic E-state index is 11.6. The first kappa shape index (κ1) is 14.8. The van der Waals surface area contributed by atoms with E-state index >= 15 is 0 Å². The van der Waals surface area contributed by atoms with E-state index in [0.717, 1.165) is 11.3 Å². The number of rotatable bonds is 5. The lowest BCUT2D eigenvalue weighted by Crippen LogP contribution is -2.25. The Labute approximate surface area is 124 Å². The van der Waals surface area contributed by atoms with Crippen molar-refractivity contribution in [3.05, 3.63) is 47.7 Å². The highest BCUT2D eigenvalue weighted by Gasteiger charge is 2.10. The Bertz CT molecular complexity index is 612. The highest BCUT2D eigenvalue weighted by atomic mass is 16.1. The number of anilines is 2. The first-order valence-electron chi connectivity index (χ1n) is 6.78. The van der Waals surface area contributed by atoms with E-state index in [4.69, 9.17) is 5.73 Å². The molecule has 0 bridgehead atoms. The van der Waals surface area contributed by atoms with Gasteiger partial charge in [0.1, 0.15) is 0 Å². The fraction of sp³-hybridized carbons (Fsp3) is 0.267. The maximum Gasteiger partial charge on any atom is 0.271 e. The van der Waals surface area contributed by atoms with Crippen LogP contribution in [0.25, 0.3) is 0 Å². The zero-order valence-corrected chi connectivity index (χ0v) is 12.2. The number of hydrogen-bond acceptors (Lipinski definition) is 5. The predicted octanol–water partition coefficient (Wildman–Crippen LogP) is 1.44. The summed E-state index contributed by atoms with van der Waals surface area (Å²) in [7, 11) is 1.91. The highest BCUT2D eigenvalue weighted by Crippen LogP contribution is 2.16. The molecule has 0 aliphatic carbocycles. The number of hydrogen-bond donors (Lipinski definition) is 2. The van der Waals surface area contributed by atoms with Crippen LogP contribution in [0.3, 0.4) is 0 Å². The molecule has 0 fully saturated rings. The maximum absolute atomic E-state index is 11.6. The number of benzene rings is 1. The Morgan fingerprint density at radius 3 is 2.62 bits per heavy atom. The van der Waals surface area contributed by atoms with Crippen LogP contribution in [0.4, 0.5) is 11.5 Å². The molecule has 2 aromatic rings. The van der Waals surface area contributed by atoms with E-state index in [1.54, 1.807) is 12.1 Å². The molecule has 0 aliphatic rings. The largest absolute Gasteiger partial charge is 0.398 e. The van der Waals surface area contributed by atoms with E-state index in [1.165, 1.54) is 0 Å². The average Bonchev–Trinajstić information content (AvgIpc) is 2.50. The van der Waals surface area contributed by atoms with Crippen LogP contribution in [0.2, 0.25) is 0 Å². The number of nitrogens with one attached hydrogen (secondary N) is 1. The minimum atomic E-state index is -0.216. The van der Waals surface area contributed by atoms with Crippen LogP contribution in [0.5, 0.6) is 0 Å². The summed E-state index contributed by atoms with van der Waals surface area (Å²) in [5.41, 5.74) is 8.01. The van der Waals surface area contributed by atoms with Crippen LogP contribution in [0.1, 0.15) is 23.0 Å². The Morgan fingerprint density at radius 2 is 2.00 bits per heavy atom. The standard InChI is InChI=1S/C15H19N5O/c1-3-17-15(21)13-8-9-14(19-18-13)20(2)10-11-6-4-5-7-12(11)16/h4-9H,3,10,16H2,1-2H3,(H,17,21). The molecule has 1 aromatic heterocycles. The van der Waals surface area contributed by atoms with Crippen molar-refractivity contribution in [3.63, 3.8) is 0 Å². The quantitative estimate of drug-likeness (QED) is 0.812. The molecular formula is C15H19N5O. The molecule has 21 heavy (non-hydrogen) atoms. The van der Waals surface area contributed by atoms with Crippen molar-refractivity contribution < 1.29 is 4.79 Å². The van der Waals surface area contributed by atoms with E-state index in [9.17, 15) is 4.79 Å². The van der Waals surface area contributed by atoms with E-state index in [1.807, 2.05) is 43.1 Å². The summed E-state index contributed by atoms with van der Waals surface area (Å²) >= 11 is 0. The molecule has 0 radical (unpaired) electrons. The molecule has 1 amide bonds. The van der Waals surface area contributed by atoms with Crippen LogP contribution >= 0.6 is 0 Å². The summed E-state index contributed by atoms with van der Waals surface area (Å²) < 4.78 is 0. The molecule has 0 spiro atoms. The van der Waals surface area contributed by atoms with Gasteiger partial charge < -0.3 is 16.0 Å². The number of nitrogens with zero attached hydrogens (tertiary/aromatic N) is 3. The molecule has 3 N–H and O–H groups in total. The van der Waals surface area contributed by atoms with Gasteiger partial charge in [-0.2, -0.15) is 0 Å². The van der Waals surface area contributed by atoms with Crippen LogP contribution in [-0.4, -0.2) is 29.7 Å². The lowest BCUT2D eigenvalue weighted by Gasteiger charge is -2.18. The lowest BCUT2D eigenvalue weighted by molar-refractivity contribution is 0.0950. The Morgan fingerprint density at radius 1 is 1.24 bits per heavy atom. The molecule has 0 saturated carbocycles. The van der Waals surface area contributed by atoms with Gasteiger partial charge in [-0.25, -0.2) is 0 Å². The normalized spacial score (nSPS) is 10.2. The van der Waals surface area contributed by atoms with Gasteiger partial charge >= 0.3 is 0 Å². The van der Waals surface area contributed by atoms with Gasteiger partial charge in [0.05, 0.1) is 0 Å². The second-order valence-electron chi connectivity index (χ2n) is 4.69. The molecule has 0 unspecified atom stereocenters. The molecule has 2 rings (SSSR count). The van der Waals surface area contributed by atoms with Crippen LogP contribution < -0.4 is 16.0 Å². The molecule has 0 saturated heterocycles. The van der Waals surface area contributed by atoms with Gasteiger partial charge in [0, 0.05) is 25.8 Å². The van der Waals surface area contributed by atoms with Crippen LogP contribution in [0, 0.1) is 0 Å². The highest BCUT2D eigenvalue weighted by molar-refractivity contribution is 5.92. The number of nitrogen functional groups attached to an aromatic ring is 1. The fourth-order valence-corrected chi connectivity index (χ4v) is 1.92. The Hall–Kier alpha value is -2.63. The average molecular weight is 285 g/mol. The third-order valence-electron chi connectivity index (χ3n) is 3.07. The summed E-state index contributed by atoms with van der Waals surface area (Å²) in [5, 5.41) is 10.7. The summed E-state index contributed by atoms with van der Waals surface area (Å²) in [6, 6.07) is 11.1. The minimum absolute atomic E-state index is 0.216. The van der Waals surface area contributed by atoms with Crippen molar-refractivity contribution in [1.82, 2.24) is 15.5 Å². The lowest BCUT2D eigenvalue weighted by atomic mass is 10.2. The van der Waals surface area contributed by atoms with E-state index in [-0.39, 0.29) is 5.91 Å². The second-order valence-corrected chi connectivity index (χ2v) is 4.69. The summed E-state index contributed by atoms with van der Waals surface area (Å²) in [4.78, 5) is 13.5. The van der Waals surface area contributed by atoms with Crippen molar-refractivity contribution >= 4 is 17.4 Å². The van der Waals surface area contributed by atoms with Crippen molar-refractivity contribution in [2.45, 2.75) is 13.5 Å². The van der Waals surface area contributed by atoms with Crippen LogP contribution in [0.15, 0.2) is 36.4 Å². The molecule has 110 valence electrons. The van der Waals surface area contributed by atoms with Gasteiger partial charge in [0.25, 0.3) is 5.91 Å². The fourth-order valence-electron chi connectivity index (χ4n) is 1.92. The van der Waals surface area contributed by atoms with Gasteiger partial charge in [-0.3, -0.25) is 4.79 Å². The van der Waals surface area contributed by atoms with E-state index in [2.05, 4.69) is 15.5 Å². The molecule has 0 atom stereocenters. The van der Waals surface area contributed by atoms with Crippen LogP contribution in [-0.2, 0) is 6.54 Å². The SMILES string of the molecule is CCNC(=O)c1ccc(N(C)Cc2ccccc2N)nn1. The van der Waals surface area contributed by atoms with E-state index < -0.39 is 0 Å². The number of carbonyl (C=O) groups excluding carboxylic acids is 1. The molecule has 6 heteroatoms. The molecule has 1 heterocycles. The summed E-state index contributed by atoms with van der Waals surface area (Å²) in [5.74, 6) is 0.470. The number of aromatic nitrogens is 2.